The van der Waals surface area contributed by atoms with Gasteiger partial charge in [0.2, 0.25) is 5.91 Å². The number of nitrogens with one attached hydrogen (secondary N) is 1. The van der Waals surface area contributed by atoms with E-state index in [1.807, 2.05) is 13.8 Å². The Labute approximate surface area is 90.9 Å². The summed E-state index contributed by atoms with van der Waals surface area (Å²) in [6.45, 7) is 7.17. The first-order valence-corrected chi connectivity index (χ1v) is 5.47. The summed E-state index contributed by atoms with van der Waals surface area (Å²) in [5, 5.41) is 2.90. The van der Waals surface area contributed by atoms with E-state index in [1.165, 1.54) is 0 Å². The summed E-state index contributed by atoms with van der Waals surface area (Å²) < 4.78 is 5.32. The van der Waals surface area contributed by atoms with E-state index in [0.29, 0.717) is 19.8 Å². The van der Waals surface area contributed by atoms with E-state index >= 15 is 0 Å². The monoisotopic (exact) mass is 215 g/mol. The molecule has 1 atom stereocenters. The van der Waals surface area contributed by atoms with E-state index in [9.17, 15) is 4.79 Å². The molecule has 0 radical (unpaired) electrons. The molecular formula is C10H21N3O2. The number of ether oxygens (including phenoxy) is 1. The van der Waals surface area contributed by atoms with Crippen LogP contribution in [0.2, 0.25) is 0 Å². The zero-order valence-corrected chi connectivity index (χ0v) is 9.53. The van der Waals surface area contributed by atoms with Crippen LogP contribution in [0.15, 0.2) is 0 Å². The van der Waals surface area contributed by atoms with Gasteiger partial charge < -0.3 is 15.8 Å². The molecule has 0 bridgehead atoms. The van der Waals surface area contributed by atoms with Gasteiger partial charge in [0.05, 0.1) is 13.2 Å². The average molecular weight is 215 g/mol. The van der Waals surface area contributed by atoms with Crippen LogP contribution in [0.5, 0.6) is 0 Å². The predicted molar refractivity (Wildman–Crippen MR) is 58.5 cm³/mol. The Balaban J connectivity index is 2.51. The number of carbonyl (C=O) groups is 1. The molecule has 1 saturated heterocycles. The first kappa shape index (κ1) is 12.4. The van der Waals surface area contributed by atoms with Crippen LogP contribution in [0.4, 0.5) is 0 Å². The van der Waals surface area contributed by atoms with E-state index in [2.05, 4.69) is 10.2 Å². The molecule has 1 fully saturated rings. The van der Waals surface area contributed by atoms with Crippen molar-refractivity contribution in [3.05, 3.63) is 0 Å². The van der Waals surface area contributed by atoms with Crippen molar-refractivity contribution in [1.82, 2.24) is 10.2 Å². The normalized spacial score (nSPS) is 23.1. The van der Waals surface area contributed by atoms with Gasteiger partial charge in [-0.1, -0.05) is 0 Å². The summed E-state index contributed by atoms with van der Waals surface area (Å²) in [5.74, 6) is 0.0400. The SMILES string of the molecule is CC(C)NC(=O)C1COCCN1CCN. The zero-order valence-electron chi connectivity index (χ0n) is 9.53. The summed E-state index contributed by atoms with van der Waals surface area (Å²) >= 11 is 0. The number of hydrogen-bond acceptors (Lipinski definition) is 4. The lowest BCUT2D eigenvalue weighted by Crippen LogP contribution is -2.55. The lowest BCUT2D eigenvalue weighted by molar-refractivity contribution is -0.132. The van der Waals surface area contributed by atoms with Gasteiger partial charge in [0.15, 0.2) is 0 Å². The summed E-state index contributed by atoms with van der Waals surface area (Å²) in [6.07, 6.45) is 0. The summed E-state index contributed by atoms with van der Waals surface area (Å²) in [7, 11) is 0. The molecule has 3 N–H and O–H groups in total. The number of carbonyl (C=O) groups excluding carboxylic acids is 1. The smallest absolute Gasteiger partial charge is 0.239 e. The van der Waals surface area contributed by atoms with Crippen LogP contribution in [-0.2, 0) is 9.53 Å². The zero-order chi connectivity index (χ0) is 11.3. The molecule has 1 aliphatic heterocycles. The first-order chi connectivity index (χ1) is 7.15. The number of amides is 1. The van der Waals surface area contributed by atoms with Crippen LogP contribution in [0.25, 0.3) is 0 Å². The fraction of sp³-hybridized carbons (Fsp3) is 0.900. The van der Waals surface area contributed by atoms with E-state index in [0.717, 1.165) is 13.1 Å². The van der Waals surface area contributed by atoms with Crippen molar-refractivity contribution in [1.29, 1.82) is 0 Å². The van der Waals surface area contributed by atoms with E-state index in [1.54, 1.807) is 0 Å². The fourth-order valence-electron chi connectivity index (χ4n) is 1.69. The highest BCUT2D eigenvalue weighted by Crippen LogP contribution is 2.06. The molecule has 88 valence electrons. The Morgan fingerprint density at radius 2 is 2.40 bits per heavy atom. The van der Waals surface area contributed by atoms with Crippen LogP contribution >= 0.6 is 0 Å². The third-order valence-electron chi connectivity index (χ3n) is 2.39. The topological polar surface area (TPSA) is 67.6 Å². The largest absolute Gasteiger partial charge is 0.378 e. The maximum Gasteiger partial charge on any atom is 0.239 e. The lowest BCUT2D eigenvalue weighted by Gasteiger charge is -2.34. The van der Waals surface area contributed by atoms with Crippen LogP contribution in [0.3, 0.4) is 0 Å². The Kier molecular flexibility index (Phi) is 5.01. The second-order valence-electron chi connectivity index (χ2n) is 4.08. The number of nitrogens with two attached hydrogens (primary N) is 1. The predicted octanol–water partition coefficient (Wildman–Crippen LogP) is -0.829. The molecule has 0 aliphatic carbocycles. The van der Waals surface area contributed by atoms with Crippen molar-refractivity contribution >= 4 is 5.91 Å². The number of morpholine rings is 1. The minimum Gasteiger partial charge on any atom is -0.378 e. The highest BCUT2D eigenvalue weighted by molar-refractivity contribution is 5.82. The third kappa shape index (κ3) is 3.77. The van der Waals surface area contributed by atoms with Gasteiger partial charge in [-0.15, -0.1) is 0 Å². The van der Waals surface area contributed by atoms with E-state index in [4.69, 9.17) is 10.5 Å². The first-order valence-electron chi connectivity index (χ1n) is 5.47. The molecule has 0 aromatic rings. The maximum atomic E-state index is 11.8. The molecule has 1 aliphatic rings. The number of nitrogens with zero attached hydrogens (tertiary/aromatic N) is 1. The van der Waals surface area contributed by atoms with Gasteiger partial charge in [-0.25, -0.2) is 0 Å². The van der Waals surface area contributed by atoms with Gasteiger partial charge in [0, 0.05) is 25.7 Å². The fourth-order valence-corrected chi connectivity index (χ4v) is 1.69. The Morgan fingerprint density at radius 3 is 3.00 bits per heavy atom. The molecule has 1 unspecified atom stereocenters. The van der Waals surface area contributed by atoms with Crippen molar-refractivity contribution in [2.24, 2.45) is 5.73 Å². The molecule has 0 aromatic heterocycles. The minimum atomic E-state index is -0.176. The third-order valence-corrected chi connectivity index (χ3v) is 2.39. The maximum absolute atomic E-state index is 11.8. The van der Waals surface area contributed by atoms with Crippen molar-refractivity contribution < 1.29 is 9.53 Å². The van der Waals surface area contributed by atoms with Gasteiger partial charge in [-0.3, -0.25) is 9.69 Å². The van der Waals surface area contributed by atoms with Crippen LogP contribution in [-0.4, -0.2) is 55.7 Å². The summed E-state index contributed by atoms with van der Waals surface area (Å²) in [6, 6.07) is -0.0103. The highest BCUT2D eigenvalue weighted by atomic mass is 16.5. The molecular weight excluding hydrogens is 194 g/mol. The summed E-state index contributed by atoms with van der Waals surface area (Å²) in [5.41, 5.74) is 5.51. The van der Waals surface area contributed by atoms with Gasteiger partial charge in [0.25, 0.3) is 0 Å². The van der Waals surface area contributed by atoms with Crippen LogP contribution in [0.1, 0.15) is 13.8 Å². The van der Waals surface area contributed by atoms with Crippen molar-refractivity contribution in [2.75, 3.05) is 32.8 Å². The molecule has 5 nitrogen and oxygen atoms in total. The number of hydrogen-bond donors (Lipinski definition) is 2. The number of rotatable bonds is 4. The van der Waals surface area contributed by atoms with E-state index < -0.39 is 0 Å². The standard InChI is InChI=1S/C10H21N3O2/c1-8(2)12-10(14)9-7-15-6-5-13(9)4-3-11/h8-9H,3-7,11H2,1-2H3,(H,12,14). The quantitative estimate of drug-likeness (QED) is 0.642. The van der Waals surface area contributed by atoms with Crippen LogP contribution in [0, 0.1) is 0 Å². The second-order valence-corrected chi connectivity index (χ2v) is 4.08. The molecule has 5 heteroatoms. The van der Waals surface area contributed by atoms with Gasteiger partial charge in [-0.2, -0.15) is 0 Å². The van der Waals surface area contributed by atoms with Crippen LogP contribution < -0.4 is 11.1 Å². The molecule has 1 rings (SSSR count). The van der Waals surface area contributed by atoms with Crippen molar-refractivity contribution in [3.63, 3.8) is 0 Å². The van der Waals surface area contributed by atoms with Gasteiger partial charge >= 0.3 is 0 Å². The molecule has 15 heavy (non-hydrogen) atoms. The lowest BCUT2D eigenvalue weighted by atomic mass is 10.2. The Bertz CT molecular complexity index is 207. The van der Waals surface area contributed by atoms with Crippen molar-refractivity contribution in [2.45, 2.75) is 25.9 Å². The molecule has 1 heterocycles. The molecule has 1 amide bonds. The molecule has 0 saturated carbocycles. The highest BCUT2D eigenvalue weighted by Gasteiger charge is 2.28. The minimum absolute atomic E-state index is 0.0400. The Hall–Kier alpha value is -0.650. The summed E-state index contributed by atoms with van der Waals surface area (Å²) in [4.78, 5) is 13.9. The molecule has 0 spiro atoms. The average Bonchev–Trinajstić information content (AvgIpc) is 2.18. The van der Waals surface area contributed by atoms with E-state index in [-0.39, 0.29) is 18.0 Å². The Morgan fingerprint density at radius 1 is 1.67 bits per heavy atom. The van der Waals surface area contributed by atoms with Crippen molar-refractivity contribution in [3.8, 4) is 0 Å². The molecule has 0 aromatic carbocycles. The van der Waals surface area contributed by atoms with Gasteiger partial charge in [0.1, 0.15) is 6.04 Å². The van der Waals surface area contributed by atoms with Gasteiger partial charge in [-0.05, 0) is 13.8 Å². The second kappa shape index (κ2) is 6.05.